The third kappa shape index (κ3) is 3.41. The van der Waals surface area contributed by atoms with Crippen molar-refractivity contribution in [3.05, 3.63) is 35.7 Å². The van der Waals surface area contributed by atoms with Crippen molar-refractivity contribution < 1.29 is 4.79 Å². The van der Waals surface area contributed by atoms with E-state index in [2.05, 4.69) is 21.6 Å². The molecule has 2 rings (SSSR count). The number of nitriles is 1. The van der Waals surface area contributed by atoms with Gasteiger partial charge in [0.15, 0.2) is 5.16 Å². The van der Waals surface area contributed by atoms with E-state index in [1.54, 1.807) is 31.2 Å². The minimum Gasteiger partial charge on any atom is -0.324 e. The van der Waals surface area contributed by atoms with Crippen LogP contribution in [0, 0.1) is 18.3 Å². The molecular weight excluding hydrogens is 286 g/mol. The maximum Gasteiger partial charge on any atom is 0.237 e. The maximum absolute atomic E-state index is 12.2. The largest absolute Gasteiger partial charge is 0.324 e. The van der Waals surface area contributed by atoms with Crippen molar-refractivity contribution in [3.8, 4) is 6.07 Å². The van der Waals surface area contributed by atoms with E-state index in [1.165, 1.54) is 11.8 Å². The highest BCUT2D eigenvalue weighted by molar-refractivity contribution is 8.00. The van der Waals surface area contributed by atoms with E-state index in [0.717, 1.165) is 5.82 Å². The van der Waals surface area contributed by atoms with Crippen LogP contribution >= 0.6 is 11.8 Å². The van der Waals surface area contributed by atoms with Crippen molar-refractivity contribution >= 4 is 23.4 Å². The van der Waals surface area contributed by atoms with Crippen LogP contribution in [-0.2, 0) is 11.8 Å². The Morgan fingerprint density at radius 3 is 2.76 bits per heavy atom. The first-order valence-corrected chi connectivity index (χ1v) is 7.23. The summed E-state index contributed by atoms with van der Waals surface area (Å²) in [5, 5.41) is 20.1. The van der Waals surface area contributed by atoms with Crippen LogP contribution in [0.1, 0.15) is 18.3 Å². The van der Waals surface area contributed by atoms with Gasteiger partial charge >= 0.3 is 0 Å². The standard InChI is InChI=1S/C14H15N5OS/c1-9(21-14-18-17-10(2)19(14)3)13(20)16-12-7-5-4-6-11(12)8-15/h4-7,9H,1-3H3,(H,16,20). The fourth-order valence-corrected chi connectivity index (χ4v) is 2.49. The van der Waals surface area contributed by atoms with Crippen molar-refractivity contribution in [2.45, 2.75) is 24.3 Å². The number of carbonyl (C=O) groups excluding carboxylic acids is 1. The van der Waals surface area contributed by atoms with Gasteiger partial charge in [-0.25, -0.2) is 0 Å². The number of aromatic nitrogens is 3. The zero-order valence-electron chi connectivity index (χ0n) is 12.0. The summed E-state index contributed by atoms with van der Waals surface area (Å²) in [6, 6.07) is 8.97. The van der Waals surface area contributed by atoms with Gasteiger partial charge in [0, 0.05) is 7.05 Å². The summed E-state index contributed by atoms with van der Waals surface area (Å²) < 4.78 is 1.83. The molecule has 0 spiro atoms. The number of benzene rings is 1. The van der Waals surface area contributed by atoms with Gasteiger partial charge < -0.3 is 9.88 Å². The Kier molecular flexibility index (Phi) is 4.60. The Morgan fingerprint density at radius 2 is 2.14 bits per heavy atom. The molecule has 0 bridgehead atoms. The average Bonchev–Trinajstić information content (AvgIpc) is 2.79. The molecule has 1 N–H and O–H groups in total. The van der Waals surface area contributed by atoms with E-state index in [9.17, 15) is 4.79 Å². The molecule has 0 aliphatic heterocycles. The van der Waals surface area contributed by atoms with Crippen molar-refractivity contribution in [2.24, 2.45) is 7.05 Å². The minimum atomic E-state index is -0.348. The molecule has 1 aromatic heterocycles. The summed E-state index contributed by atoms with van der Waals surface area (Å²) in [5.74, 6) is 0.614. The number of nitrogens with zero attached hydrogens (tertiary/aromatic N) is 4. The zero-order valence-corrected chi connectivity index (χ0v) is 12.8. The molecule has 7 heteroatoms. The molecule has 21 heavy (non-hydrogen) atoms. The first-order valence-electron chi connectivity index (χ1n) is 6.35. The van der Waals surface area contributed by atoms with Crippen molar-refractivity contribution in [2.75, 3.05) is 5.32 Å². The van der Waals surface area contributed by atoms with Crippen LogP contribution in [0.25, 0.3) is 0 Å². The Labute approximate surface area is 127 Å². The minimum absolute atomic E-state index is 0.177. The van der Waals surface area contributed by atoms with Crippen LogP contribution < -0.4 is 5.32 Å². The van der Waals surface area contributed by atoms with E-state index in [-0.39, 0.29) is 11.2 Å². The summed E-state index contributed by atoms with van der Waals surface area (Å²) in [7, 11) is 1.85. The van der Waals surface area contributed by atoms with Crippen molar-refractivity contribution in [1.29, 1.82) is 5.26 Å². The first-order chi connectivity index (χ1) is 10.0. The number of hydrogen-bond acceptors (Lipinski definition) is 5. The normalized spacial score (nSPS) is 11.7. The van der Waals surface area contributed by atoms with Crippen LogP contribution in [0.5, 0.6) is 0 Å². The number of para-hydroxylation sites is 1. The first kappa shape index (κ1) is 15.1. The summed E-state index contributed by atoms with van der Waals surface area (Å²) >= 11 is 1.33. The van der Waals surface area contributed by atoms with Crippen LogP contribution in [0.4, 0.5) is 5.69 Å². The van der Waals surface area contributed by atoms with Crippen molar-refractivity contribution in [3.63, 3.8) is 0 Å². The van der Waals surface area contributed by atoms with Crippen LogP contribution in [0.2, 0.25) is 0 Å². The topological polar surface area (TPSA) is 83.6 Å². The van der Waals surface area contributed by atoms with E-state index in [1.807, 2.05) is 18.5 Å². The lowest BCUT2D eigenvalue weighted by molar-refractivity contribution is -0.115. The summed E-state index contributed by atoms with van der Waals surface area (Å²) in [4.78, 5) is 12.2. The SMILES string of the molecule is Cc1nnc(SC(C)C(=O)Nc2ccccc2C#N)n1C. The number of carbonyl (C=O) groups is 1. The second-order valence-electron chi connectivity index (χ2n) is 4.50. The Bertz CT molecular complexity index is 704. The molecule has 0 fully saturated rings. The summed E-state index contributed by atoms with van der Waals surface area (Å²) in [6.07, 6.45) is 0. The van der Waals surface area contributed by atoms with Gasteiger partial charge in [0.1, 0.15) is 11.9 Å². The molecule has 0 saturated carbocycles. The molecule has 1 heterocycles. The fourth-order valence-electron chi connectivity index (χ4n) is 1.63. The molecule has 0 radical (unpaired) electrons. The molecule has 6 nitrogen and oxygen atoms in total. The number of thioether (sulfide) groups is 1. The van der Waals surface area contributed by atoms with Gasteiger partial charge in [0.2, 0.25) is 5.91 Å². The smallest absolute Gasteiger partial charge is 0.237 e. The Balaban J connectivity index is 2.06. The summed E-state index contributed by atoms with van der Waals surface area (Å²) in [6.45, 7) is 3.64. The molecule has 1 atom stereocenters. The number of nitrogens with one attached hydrogen (secondary N) is 1. The van der Waals surface area contributed by atoms with Gasteiger partial charge in [-0.2, -0.15) is 5.26 Å². The van der Waals surface area contributed by atoms with E-state index >= 15 is 0 Å². The zero-order chi connectivity index (χ0) is 15.4. The van der Waals surface area contributed by atoms with E-state index in [0.29, 0.717) is 16.4 Å². The van der Waals surface area contributed by atoms with Gasteiger partial charge in [0.25, 0.3) is 0 Å². The summed E-state index contributed by atoms with van der Waals surface area (Å²) in [5.41, 5.74) is 0.962. The fraction of sp³-hybridized carbons (Fsp3) is 0.286. The Morgan fingerprint density at radius 1 is 1.43 bits per heavy atom. The lowest BCUT2D eigenvalue weighted by Crippen LogP contribution is -2.23. The van der Waals surface area contributed by atoms with Crippen LogP contribution in [0.3, 0.4) is 0 Å². The lowest BCUT2D eigenvalue weighted by atomic mass is 10.2. The third-order valence-electron chi connectivity index (χ3n) is 3.01. The molecule has 1 amide bonds. The second kappa shape index (κ2) is 6.41. The van der Waals surface area contributed by atoms with E-state index < -0.39 is 0 Å². The lowest BCUT2D eigenvalue weighted by Gasteiger charge is -2.12. The van der Waals surface area contributed by atoms with Gasteiger partial charge in [0.05, 0.1) is 16.5 Å². The Hall–Kier alpha value is -2.33. The van der Waals surface area contributed by atoms with Crippen LogP contribution in [-0.4, -0.2) is 25.9 Å². The molecule has 0 aliphatic carbocycles. The van der Waals surface area contributed by atoms with Gasteiger partial charge in [-0.15, -0.1) is 10.2 Å². The number of anilines is 1. The highest BCUT2D eigenvalue weighted by Crippen LogP contribution is 2.23. The predicted molar refractivity (Wildman–Crippen MR) is 80.8 cm³/mol. The highest BCUT2D eigenvalue weighted by atomic mass is 32.2. The number of rotatable bonds is 4. The molecule has 1 unspecified atom stereocenters. The highest BCUT2D eigenvalue weighted by Gasteiger charge is 2.18. The van der Waals surface area contributed by atoms with Gasteiger partial charge in [-0.05, 0) is 26.0 Å². The second-order valence-corrected chi connectivity index (χ2v) is 5.80. The van der Waals surface area contributed by atoms with Crippen LogP contribution in [0.15, 0.2) is 29.4 Å². The molecule has 108 valence electrons. The number of amides is 1. The van der Waals surface area contributed by atoms with Gasteiger partial charge in [-0.3, -0.25) is 4.79 Å². The average molecular weight is 301 g/mol. The number of aryl methyl sites for hydroxylation is 1. The van der Waals surface area contributed by atoms with Crippen molar-refractivity contribution in [1.82, 2.24) is 14.8 Å². The quantitative estimate of drug-likeness (QED) is 0.874. The molecule has 2 aromatic rings. The van der Waals surface area contributed by atoms with Gasteiger partial charge in [-0.1, -0.05) is 23.9 Å². The van der Waals surface area contributed by atoms with E-state index in [4.69, 9.17) is 5.26 Å². The molecular formula is C14H15N5OS. The molecule has 0 aliphatic rings. The monoisotopic (exact) mass is 301 g/mol. The molecule has 1 aromatic carbocycles. The predicted octanol–water partition coefficient (Wildman–Crippen LogP) is 2.11. The third-order valence-corrected chi connectivity index (χ3v) is 4.14. The maximum atomic E-state index is 12.2. The molecule has 0 saturated heterocycles. The number of hydrogen-bond donors (Lipinski definition) is 1.